The van der Waals surface area contributed by atoms with Crippen molar-refractivity contribution in [1.82, 2.24) is 0 Å². The number of furan rings is 1. The number of fused-ring (bicyclic) bond motifs is 1. The first kappa shape index (κ1) is 18.8. The number of rotatable bonds is 6. The lowest BCUT2D eigenvalue weighted by Crippen LogP contribution is -2.13. The molecule has 0 aliphatic rings. The molecule has 1 aromatic heterocycles. The first-order valence-electron chi connectivity index (χ1n) is 9.30. The van der Waals surface area contributed by atoms with Crippen molar-refractivity contribution in [2.45, 2.75) is 13.5 Å². The van der Waals surface area contributed by atoms with Crippen LogP contribution in [0.5, 0.6) is 11.5 Å². The number of carbonyl (C=O) groups is 1. The molecule has 146 valence electrons. The van der Waals surface area contributed by atoms with Crippen LogP contribution in [0.2, 0.25) is 0 Å². The van der Waals surface area contributed by atoms with E-state index in [1.54, 1.807) is 13.2 Å². The van der Waals surface area contributed by atoms with Crippen molar-refractivity contribution in [2.75, 3.05) is 12.4 Å². The molecule has 4 rings (SSSR count). The quantitative estimate of drug-likeness (QED) is 0.445. The molecule has 1 heterocycles. The number of methoxy groups -OCH3 is 1. The number of ether oxygens (including phenoxy) is 2. The van der Waals surface area contributed by atoms with Crippen LogP contribution in [0, 0.1) is 6.92 Å². The van der Waals surface area contributed by atoms with Gasteiger partial charge in [-0.1, -0.05) is 48.0 Å². The van der Waals surface area contributed by atoms with E-state index in [9.17, 15) is 4.79 Å². The van der Waals surface area contributed by atoms with E-state index in [1.807, 2.05) is 73.7 Å². The van der Waals surface area contributed by atoms with Gasteiger partial charge in [0.1, 0.15) is 11.3 Å². The minimum Gasteiger partial charge on any atom is -0.455 e. The Labute approximate surface area is 168 Å². The van der Waals surface area contributed by atoms with Gasteiger partial charge in [0.05, 0.1) is 12.3 Å². The second-order valence-corrected chi connectivity index (χ2v) is 6.70. The van der Waals surface area contributed by atoms with Gasteiger partial charge in [0.2, 0.25) is 0 Å². The number of benzene rings is 3. The summed E-state index contributed by atoms with van der Waals surface area (Å²) in [6, 6.07) is 22.6. The van der Waals surface area contributed by atoms with Gasteiger partial charge in [-0.2, -0.15) is 0 Å². The number of anilines is 1. The van der Waals surface area contributed by atoms with Crippen LogP contribution in [-0.4, -0.2) is 13.0 Å². The third-order valence-electron chi connectivity index (χ3n) is 4.58. The maximum atomic E-state index is 13.0. The summed E-state index contributed by atoms with van der Waals surface area (Å²) in [5, 5.41) is 3.77. The molecule has 0 fully saturated rings. The van der Waals surface area contributed by atoms with Crippen molar-refractivity contribution in [3.05, 3.63) is 89.7 Å². The highest BCUT2D eigenvalue weighted by Gasteiger charge is 2.21. The van der Waals surface area contributed by atoms with Crippen LogP contribution in [-0.2, 0) is 11.3 Å². The van der Waals surface area contributed by atoms with E-state index in [2.05, 4.69) is 5.32 Å². The van der Waals surface area contributed by atoms with Crippen molar-refractivity contribution in [3.8, 4) is 11.5 Å². The van der Waals surface area contributed by atoms with Crippen LogP contribution in [0.1, 0.15) is 21.7 Å². The Kier molecular flexibility index (Phi) is 5.31. The average Bonchev–Trinajstić information content (AvgIpc) is 3.10. The fraction of sp³-hybridized carbons (Fsp3) is 0.125. The van der Waals surface area contributed by atoms with E-state index >= 15 is 0 Å². The summed E-state index contributed by atoms with van der Waals surface area (Å²) in [6.45, 7) is 2.30. The van der Waals surface area contributed by atoms with Gasteiger partial charge in [-0.05, 0) is 37.3 Å². The fourth-order valence-electron chi connectivity index (χ4n) is 3.14. The van der Waals surface area contributed by atoms with Gasteiger partial charge in [-0.15, -0.1) is 0 Å². The summed E-state index contributed by atoms with van der Waals surface area (Å²) in [7, 11) is 1.59. The molecule has 0 radical (unpaired) electrons. The van der Waals surface area contributed by atoms with Crippen LogP contribution < -0.4 is 10.1 Å². The summed E-state index contributed by atoms with van der Waals surface area (Å²) in [4.78, 5) is 13.0. The lowest BCUT2D eigenvalue weighted by molar-refractivity contribution is 0.0991. The number of carbonyl (C=O) groups excluding carboxylic acids is 1. The first-order valence-corrected chi connectivity index (χ1v) is 9.30. The van der Waals surface area contributed by atoms with Crippen LogP contribution >= 0.6 is 0 Å². The molecule has 1 N–H and O–H groups in total. The number of para-hydroxylation sites is 3. The lowest BCUT2D eigenvalue weighted by Gasteiger charge is -2.12. The molecule has 5 heteroatoms. The molecular weight excluding hydrogens is 366 g/mol. The monoisotopic (exact) mass is 387 g/mol. The molecule has 5 nitrogen and oxygen atoms in total. The molecule has 3 aromatic carbocycles. The summed E-state index contributed by atoms with van der Waals surface area (Å²) in [5.74, 6) is 1.13. The zero-order valence-corrected chi connectivity index (χ0v) is 16.3. The lowest BCUT2D eigenvalue weighted by atomic mass is 10.1. The van der Waals surface area contributed by atoms with Crippen LogP contribution in [0.4, 0.5) is 5.69 Å². The average molecular weight is 387 g/mol. The number of nitrogens with one attached hydrogen (secondary N) is 1. The Morgan fingerprint density at radius 3 is 2.48 bits per heavy atom. The van der Waals surface area contributed by atoms with Gasteiger partial charge in [-0.3, -0.25) is 4.79 Å². The molecule has 0 aliphatic heterocycles. The van der Waals surface area contributed by atoms with Crippen LogP contribution in [0.25, 0.3) is 11.0 Å². The highest BCUT2D eigenvalue weighted by Crippen LogP contribution is 2.31. The topological polar surface area (TPSA) is 60.7 Å². The third-order valence-corrected chi connectivity index (χ3v) is 4.58. The molecule has 0 spiro atoms. The van der Waals surface area contributed by atoms with E-state index < -0.39 is 0 Å². The van der Waals surface area contributed by atoms with Crippen LogP contribution in [0.3, 0.4) is 0 Å². The number of aryl methyl sites for hydroxylation is 1. The van der Waals surface area contributed by atoms with Gasteiger partial charge in [-0.25, -0.2) is 0 Å². The molecule has 29 heavy (non-hydrogen) atoms. The normalized spacial score (nSPS) is 10.8. The van der Waals surface area contributed by atoms with E-state index in [0.717, 1.165) is 16.5 Å². The van der Waals surface area contributed by atoms with E-state index in [1.165, 1.54) is 0 Å². The maximum absolute atomic E-state index is 13.0. The summed E-state index contributed by atoms with van der Waals surface area (Å²) in [6.07, 6.45) is 0. The summed E-state index contributed by atoms with van der Waals surface area (Å²) in [5.41, 5.74) is 3.07. The highest BCUT2D eigenvalue weighted by atomic mass is 16.5. The van der Waals surface area contributed by atoms with Gasteiger partial charge in [0, 0.05) is 18.1 Å². The van der Waals surface area contributed by atoms with E-state index in [-0.39, 0.29) is 18.3 Å². The molecule has 0 unspecified atom stereocenters. The van der Waals surface area contributed by atoms with Crippen molar-refractivity contribution in [3.63, 3.8) is 0 Å². The van der Waals surface area contributed by atoms with Crippen molar-refractivity contribution < 1.29 is 18.7 Å². The second-order valence-electron chi connectivity index (χ2n) is 6.70. The molecule has 0 aliphatic carbocycles. The van der Waals surface area contributed by atoms with Crippen molar-refractivity contribution in [1.29, 1.82) is 0 Å². The minimum atomic E-state index is -0.354. The number of amides is 1. The summed E-state index contributed by atoms with van der Waals surface area (Å²) < 4.78 is 17.1. The number of hydrogen-bond acceptors (Lipinski definition) is 4. The zero-order chi connectivity index (χ0) is 20.2. The highest BCUT2D eigenvalue weighted by molar-refractivity contribution is 6.07. The molecule has 1 amide bonds. The Bertz CT molecular complexity index is 1150. The predicted molar refractivity (Wildman–Crippen MR) is 113 cm³/mol. The first-order chi connectivity index (χ1) is 14.2. The molecular formula is C24H21NO4. The minimum absolute atomic E-state index is 0.234. The van der Waals surface area contributed by atoms with Gasteiger partial charge in [0.15, 0.2) is 11.5 Å². The number of hydrogen-bond donors (Lipinski definition) is 1. The van der Waals surface area contributed by atoms with Crippen LogP contribution in [0.15, 0.2) is 77.2 Å². The fourth-order valence-corrected chi connectivity index (χ4v) is 3.14. The molecule has 0 saturated heterocycles. The summed E-state index contributed by atoms with van der Waals surface area (Å²) >= 11 is 0. The van der Waals surface area contributed by atoms with Crippen molar-refractivity contribution in [2.24, 2.45) is 0 Å². The van der Waals surface area contributed by atoms with Gasteiger partial charge < -0.3 is 19.2 Å². The van der Waals surface area contributed by atoms with Gasteiger partial charge in [0.25, 0.3) is 5.91 Å². The Morgan fingerprint density at radius 2 is 1.69 bits per heavy atom. The second kappa shape index (κ2) is 8.20. The zero-order valence-electron chi connectivity index (χ0n) is 16.3. The van der Waals surface area contributed by atoms with Crippen molar-refractivity contribution >= 4 is 22.6 Å². The van der Waals surface area contributed by atoms with E-state index in [0.29, 0.717) is 22.8 Å². The molecule has 0 atom stereocenters. The SMILES string of the molecule is COCc1c(C(=O)Nc2ccccc2Oc2ccc(C)cc2)oc2ccccc12. The Hall–Kier alpha value is -3.57. The Morgan fingerprint density at radius 1 is 0.966 bits per heavy atom. The molecule has 0 saturated carbocycles. The molecule has 0 bridgehead atoms. The smallest absolute Gasteiger partial charge is 0.291 e. The standard InChI is InChI=1S/C24H21NO4/c1-16-11-13-17(14-12-16)28-22-10-6-4-8-20(22)25-24(26)23-19(15-27-2)18-7-3-5-9-21(18)29-23/h3-14H,15H2,1-2H3,(H,25,26). The maximum Gasteiger partial charge on any atom is 0.291 e. The predicted octanol–water partition coefficient (Wildman–Crippen LogP) is 5.93. The van der Waals surface area contributed by atoms with Gasteiger partial charge >= 0.3 is 0 Å². The Balaban J connectivity index is 1.63. The third kappa shape index (κ3) is 4.00. The largest absolute Gasteiger partial charge is 0.455 e. The molecule has 4 aromatic rings. The van der Waals surface area contributed by atoms with E-state index in [4.69, 9.17) is 13.9 Å².